The van der Waals surface area contributed by atoms with Crippen molar-refractivity contribution in [2.75, 3.05) is 13.2 Å². The van der Waals surface area contributed by atoms with Gasteiger partial charge in [-0.15, -0.1) is 0 Å². The Labute approximate surface area is 197 Å². The Morgan fingerprint density at radius 1 is 1.09 bits per heavy atom. The lowest BCUT2D eigenvalue weighted by Crippen LogP contribution is -2.35. The van der Waals surface area contributed by atoms with Crippen molar-refractivity contribution >= 4 is 17.8 Å². The Morgan fingerprint density at radius 3 is 2.48 bits per heavy atom. The fourth-order valence-corrected chi connectivity index (χ4v) is 3.61. The Kier molecular flexibility index (Phi) is 8.16. The van der Waals surface area contributed by atoms with Crippen LogP contribution >= 0.6 is 11.6 Å². The van der Waals surface area contributed by atoms with Crippen LogP contribution in [0.2, 0.25) is 5.02 Å². The van der Waals surface area contributed by atoms with Gasteiger partial charge in [-0.1, -0.05) is 29.8 Å². The van der Waals surface area contributed by atoms with Crippen molar-refractivity contribution in [1.82, 2.24) is 5.32 Å². The molecule has 33 heavy (non-hydrogen) atoms. The third-order valence-electron chi connectivity index (χ3n) is 5.16. The van der Waals surface area contributed by atoms with Crippen LogP contribution in [0.5, 0.6) is 17.2 Å². The van der Waals surface area contributed by atoms with Gasteiger partial charge in [0.25, 0.3) is 0 Å². The molecule has 3 aromatic carbocycles. The highest BCUT2D eigenvalue weighted by atomic mass is 35.5. The molecule has 2 atom stereocenters. The van der Waals surface area contributed by atoms with E-state index in [-0.39, 0.29) is 17.5 Å². The minimum atomic E-state index is -1.39. The molecule has 0 amide bonds. The fraction of sp³-hybridized carbons (Fsp3) is 0.240. The second-order valence-electron chi connectivity index (χ2n) is 7.62. The molecule has 0 aliphatic heterocycles. The van der Waals surface area contributed by atoms with Crippen molar-refractivity contribution in [3.8, 4) is 28.4 Å². The van der Waals surface area contributed by atoms with E-state index in [1.165, 1.54) is 6.07 Å². The number of hydrogen-bond acceptors (Lipinski definition) is 6. The molecule has 0 fully saturated rings. The quantitative estimate of drug-likeness (QED) is 0.194. The zero-order chi connectivity index (χ0) is 24.0. The summed E-state index contributed by atoms with van der Waals surface area (Å²) in [5.41, 5.74) is 3.08. The van der Waals surface area contributed by atoms with E-state index in [0.717, 1.165) is 16.7 Å². The number of aliphatic hydroxyl groups is 1. The maximum Gasteiger partial charge on any atom is 0.511 e. The predicted octanol–water partition coefficient (Wildman–Crippen LogP) is 5.17. The molecule has 0 spiro atoms. The van der Waals surface area contributed by atoms with E-state index in [9.17, 15) is 15.0 Å². The van der Waals surface area contributed by atoms with Crippen molar-refractivity contribution in [2.24, 2.45) is 0 Å². The number of phenolic OH excluding ortho intramolecular Hbond substituents is 1. The normalized spacial score (nSPS) is 12.7. The van der Waals surface area contributed by atoms with Gasteiger partial charge >= 0.3 is 6.16 Å². The van der Waals surface area contributed by atoms with Gasteiger partial charge in [0, 0.05) is 23.2 Å². The highest BCUT2D eigenvalue weighted by Gasteiger charge is 2.16. The van der Waals surface area contributed by atoms with Crippen LogP contribution in [0.25, 0.3) is 11.1 Å². The van der Waals surface area contributed by atoms with Crippen LogP contribution in [0, 0.1) is 6.92 Å². The van der Waals surface area contributed by atoms with E-state index in [0.29, 0.717) is 29.5 Å². The summed E-state index contributed by atoms with van der Waals surface area (Å²) in [6, 6.07) is 16.5. The van der Waals surface area contributed by atoms with Gasteiger partial charge in [0.05, 0.1) is 6.10 Å². The summed E-state index contributed by atoms with van der Waals surface area (Å²) in [5.74, 6) is 1.06. The summed E-state index contributed by atoms with van der Waals surface area (Å²) in [7, 11) is 0. The van der Waals surface area contributed by atoms with E-state index in [4.69, 9.17) is 26.2 Å². The number of rotatable bonds is 9. The first kappa shape index (κ1) is 24.4. The van der Waals surface area contributed by atoms with Crippen molar-refractivity contribution in [3.63, 3.8) is 0 Å². The molecule has 0 aromatic heterocycles. The van der Waals surface area contributed by atoms with E-state index in [1.54, 1.807) is 36.4 Å². The van der Waals surface area contributed by atoms with Gasteiger partial charge in [-0.25, -0.2) is 4.79 Å². The average Bonchev–Trinajstić information content (AvgIpc) is 2.78. The van der Waals surface area contributed by atoms with Crippen molar-refractivity contribution < 1.29 is 29.6 Å². The molecule has 8 heteroatoms. The second-order valence-corrected chi connectivity index (χ2v) is 8.02. The first-order valence-electron chi connectivity index (χ1n) is 10.4. The van der Waals surface area contributed by atoms with E-state index < -0.39 is 12.3 Å². The number of carboxylic acid groups (broad SMARTS) is 1. The molecule has 0 bridgehead atoms. The molecule has 0 heterocycles. The number of nitrogens with one attached hydrogen (secondary N) is 1. The Bertz CT molecular complexity index is 1100. The first-order chi connectivity index (χ1) is 15.7. The summed E-state index contributed by atoms with van der Waals surface area (Å²) in [6.45, 7) is 4.71. The molecule has 3 rings (SSSR count). The number of phenols is 1. The van der Waals surface area contributed by atoms with Crippen molar-refractivity contribution in [3.05, 3.63) is 76.8 Å². The van der Waals surface area contributed by atoms with Crippen LogP contribution in [0.3, 0.4) is 0 Å². The fourth-order valence-electron chi connectivity index (χ4n) is 3.39. The zero-order valence-corrected chi connectivity index (χ0v) is 19.0. The summed E-state index contributed by atoms with van der Waals surface area (Å²) in [5, 5.41) is 32.3. The summed E-state index contributed by atoms with van der Waals surface area (Å²) >= 11 is 6.29. The van der Waals surface area contributed by atoms with E-state index >= 15 is 0 Å². The number of benzene rings is 3. The van der Waals surface area contributed by atoms with Crippen LogP contribution in [-0.2, 0) is 0 Å². The number of aryl methyl sites for hydroxylation is 1. The average molecular weight is 472 g/mol. The molecule has 174 valence electrons. The topological polar surface area (TPSA) is 108 Å². The predicted molar refractivity (Wildman–Crippen MR) is 126 cm³/mol. The number of hydrogen-bond donors (Lipinski definition) is 4. The lowest BCUT2D eigenvalue weighted by atomic mass is 10.0. The Hall–Kier alpha value is -3.26. The minimum absolute atomic E-state index is 0.157. The molecular weight excluding hydrogens is 446 g/mol. The third-order valence-corrected chi connectivity index (χ3v) is 5.49. The maximum absolute atomic E-state index is 10.8. The van der Waals surface area contributed by atoms with Crippen LogP contribution in [0.15, 0.2) is 60.7 Å². The van der Waals surface area contributed by atoms with Gasteiger partial charge in [-0.3, -0.25) is 0 Å². The van der Waals surface area contributed by atoms with Crippen LogP contribution in [0.4, 0.5) is 4.79 Å². The van der Waals surface area contributed by atoms with Gasteiger partial charge in [0.1, 0.15) is 23.9 Å². The molecule has 0 aliphatic rings. The van der Waals surface area contributed by atoms with Crippen molar-refractivity contribution in [2.45, 2.75) is 26.0 Å². The Balaban J connectivity index is 1.57. The lowest BCUT2D eigenvalue weighted by Gasteiger charge is -2.21. The Morgan fingerprint density at radius 2 is 1.82 bits per heavy atom. The van der Waals surface area contributed by atoms with E-state index in [2.05, 4.69) is 5.32 Å². The molecule has 0 unspecified atom stereocenters. The summed E-state index contributed by atoms with van der Waals surface area (Å²) in [6.07, 6.45) is -2.10. The standard InChI is InChI=1S/C25H26ClNO6/c1-15-13-18(21-14-20(33-25(30)31)8-9-22(21)26)5-10-23(15)32-12-11-27-16(2)24(29)17-3-6-19(28)7-4-17/h3-10,13-14,16,24,27-29H,11-12H2,1-2H3,(H,30,31)/t16-,24-/m1/s1. The molecule has 3 aromatic rings. The molecule has 4 N–H and O–H groups in total. The molecular formula is C25H26ClNO6. The molecule has 0 radical (unpaired) electrons. The number of aliphatic hydroxyl groups excluding tert-OH is 1. The maximum atomic E-state index is 10.8. The van der Waals surface area contributed by atoms with E-state index in [1.807, 2.05) is 32.0 Å². The largest absolute Gasteiger partial charge is 0.511 e. The van der Waals surface area contributed by atoms with Gasteiger partial charge < -0.3 is 30.1 Å². The molecule has 0 saturated heterocycles. The van der Waals surface area contributed by atoms with Gasteiger partial charge in [-0.05, 0) is 73.0 Å². The van der Waals surface area contributed by atoms with Gasteiger partial charge in [0.2, 0.25) is 0 Å². The monoisotopic (exact) mass is 471 g/mol. The van der Waals surface area contributed by atoms with Crippen LogP contribution in [-0.4, -0.2) is 40.7 Å². The zero-order valence-electron chi connectivity index (χ0n) is 18.3. The number of halogens is 1. The van der Waals surface area contributed by atoms with Gasteiger partial charge in [0.15, 0.2) is 0 Å². The molecule has 0 saturated carbocycles. The van der Waals surface area contributed by atoms with Gasteiger partial charge in [-0.2, -0.15) is 0 Å². The summed E-state index contributed by atoms with van der Waals surface area (Å²) in [4.78, 5) is 10.8. The summed E-state index contributed by atoms with van der Waals surface area (Å²) < 4.78 is 10.6. The lowest BCUT2D eigenvalue weighted by molar-refractivity contribution is 0.133. The smallest absolute Gasteiger partial charge is 0.508 e. The third kappa shape index (κ3) is 6.61. The second kappa shape index (κ2) is 11.0. The molecule has 7 nitrogen and oxygen atoms in total. The van der Waals surface area contributed by atoms with Crippen LogP contribution < -0.4 is 14.8 Å². The molecule has 0 aliphatic carbocycles. The highest BCUT2D eigenvalue weighted by molar-refractivity contribution is 6.33. The highest BCUT2D eigenvalue weighted by Crippen LogP contribution is 2.34. The minimum Gasteiger partial charge on any atom is -0.508 e. The van der Waals surface area contributed by atoms with Crippen molar-refractivity contribution in [1.29, 1.82) is 0 Å². The SMILES string of the molecule is Cc1cc(-c2cc(OC(=O)O)ccc2Cl)ccc1OCCN[C@H](C)[C@@H](O)c1ccc(O)cc1. The number of ether oxygens (including phenoxy) is 2. The number of carbonyl (C=O) groups is 1. The number of aromatic hydroxyl groups is 1. The van der Waals surface area contributed by atoms with Crippen LogP contribution in [0.1, 0.15) is 24.2 Å². The first-order valence-corrected chi connectivity index (χ1v) is 10.8.